The van der Waals surface area contributed by atoms with E-state index in [-0.39, 0.29) is 23.7 Å². The molecule has 0 bridgehead atoms. The van der Waals surface area contributed by atoms with Crippen molar-refractivity contribution in [1.29, 1.82) is 0 Å². The van der Waals surface area contributed by atoms with Crippen LogP contribution < -0.4 is 0 Å². The number of benzene rings is 3. The summed E-state index contributed by atoms with van der Waals surface area (Å²) in [5.74, 6) is -0.232. The summed E-state index contributed by atoms with van der Waals surface area (Å²) in [5.41, 5.74) is 5.39. The molecular weight excluding hydrogens is 432 g/mol. The number of amides is 2. The van der Waals surface area contributed by atoms with E-state index in [1.54, 1.807) is 24.3 Å². The molecule has 0 saturated carbocycles. The molecule has 4 nitrogen and oxygen atoms in total. The zero-order valence-corrected chi connectivity index (χ0v) is 19.5. The molecule has 0 aromatic heterocycles. The van der Waals surface area contributed by atoms with Gasteiger partial charge in [-0.2, -0.15) is 0 Å². The van der Waals surface area contributed by atoms with Crippen LogP contribution in [0.4, 0.5) is 0 Å². The van der Waals surface area contributed by atoms with Crippen molar-refractivity contribution in [2.45, 2.75) is 25.8 Å². The number of halogens is 1. The zero-order chi connectivity index (χ0) is 22.9. The lowest BCUT2D eigenvalue weighted by atomic mass is 9.87. The first kappa shape index (κ1) is 21.7. The summed E-state index contributed by atoms with van der Waals surface area (Å²) in [4.78, 5) is 30.9. The maximum Gasteiger partial charge on any atom is 0.253 e. The summed E-state index contributed by atoms with van der Waals surface area (Å²) in [5, 5.41) is 0.537. The average Bonchev–Trinajstić information content (AvgIpc) is 3.28. The van der Waals surface area contributed by atoms with Gasteiger partial charge in [0.05, 0.1) is 5.92 Å². The van der Waals surface area contributed by atoms with Gasteiger partial charge in [-0.05, 0) is 48.2 Å². The Bertz CT molecular complexity index is 1190. The van der Waals surface area contributed by atoms with Crippen LogP contribution >= 0.6 is 11.6 Å². The molecule has 3 aromatic rings. The van der Waals surface area contributed by atoms with Crippen LogP contribution in [-0.2, 0) is 17.8 Å². The van der Waals surface area contributed by atoms with E-state index in [4.69, 9.17) is 11.6 Å². The molecule has 0 N–H and O–H groups in total. The van der Waals surface area contributed by atoms with Crippen molar-refractivity contribution in [2.75, 3.05) is 19.6 Å². The largest absolute Gasteiger partial charge is 0.338 e. The van der Waals surface area contributed by atoms with Crippen LogP contribution in [0.2, 0.25) is 5.02 Å². The minimum absolute atomic E-state index is 0.0293. The quantitative estimate of drug-likeness (QED) is 0.548. The SMILES string of the molecule is Cc1ccc(C2CN(C(=O)c3cccc(Cl)c3)CC2C(=O)N2CCc3ccccc3C2)cc1. The standard InChI is InChI=1S/C28H27ClN2O2/c1-19-9-11-21(12-10-19)25-17-31(27(32)22-7-4-8-24(29)15-22)18-26(25)28(33)30-14-13-20-5-2-3-6-23(20)16-30/h2-12,15,25-26H,13-14,16-18H2,1H3. The fraction of sp³-hybridized carbons (Fsp3) is 0.286. The molecule has 2 amide bonds. The number of carbonyl (C=O) groups excluding carboxylic acids is 2. The van der Waals surface area contributed by atoms with Gasteiger partial charge in [-0.3, -0.25) is 9.59 Å². The predicted octanol–water partition coefficient (Wildman–Crippen LogP) is 5.09. The molecular formula is C28H27ClN2O2. The highest BCUT2D eigenvalue weighted by atomic mass is 35.5. The Morgan fingerprint density at radius 1 is 0.879 bits per heavy atom. The Hall–Kier alpha value is -3.11. The Kier molecular flexibility index (Phi) is 5.94. The van der Waals surface area contributed by atoms with Crippen LogP contribution in [-0.4, -0.2) is 41.2 Å². The zero-order valence-electron chi connectivity index (χ0n) is 18.7. The highest BCUT2D eigenvalue weighted by Crippen LogP contribution is 2.36. The van der Waals surface area contributed by atoms with Gasteiger partial charge in [-0.25, -0.2) is 0 Å². The van der Waals surface area contributed by atoms with E-state index < -0.39 is 0 Å². The summed E-state index contributed by atoms with van der Waals surface area (Å²) >= 11 is 6.13. The lowest BCUT2D eigenvalue weighted by molar-refractivity contribution is -0.136. The van der Waals surface area contributed by atoms with E-state index in [1.807, 2.05) is 15.9 Å². The lowest BCUT2D eigenvalue weighted by Gasteiger charge is -2.32. The summed E-state index contributed by atoms with van der Waals surface area (Å²) < 4.78 is 0. The van der Waals surface area contributed by atoms with Gasteiger partial charge in [0.2, 0.25) is 5.91 Å². The molecule has 1 saturated heterocycles. The highest BCUT2D eigenvalue weighted by Gasteiger charge is 2.42. The van der Waals surface area contributed by atoms with Crippen molar-refractivity contribution >= 4 is 23.4 Å². The Morgan fingerprint density at radius 3 is 2.39 bits per heavy atom. The fourth-order valence-corrected chi connectivity index (χ4v) is 5.28. The maximum atomic E-state index is 13.8. The van der Waals surface area contributed by atoms with Gasteiger partial charge in [-0.15, -0.1) is 0 Å². The smallest absolute Gasteiger partial charge is 0.253 e. The summed E-state index contributed by atoms with van der Waals surface area (Å²) in [6.07, 6.45) is 0.870. The number of aryl methyl sites for hydroxylation is 1. The molecule has 2 aliphatic heterocycles. The number of hydrogen-bond donors (Lipinski definition) is 0. The van der Waals surface area contributed by atoms with Crippen molar-refractivity contribution < 1.29 is 9.59 Å². The number of hydrogen-bond acceptors (Lipinski definition) is 2. The molecule has 0 aliphatic carbocycles. The summed E-state index contributed by atoms with van der Waals surface area (Å²) in [6, 6.07) is 23.7. The van der Waals surface area contributed by atoms with Crippen LogP contribution in [0.5, 0.6) is 0 Å². The van der Waals surface area contributed by atoms with E-state index in [0.29, 0.717) is 30.2 Å². The number of carbonyl (C=O) groups is 2. The third-order valence-corrected chi connectivity index (χ3v) is 7.18. The number of rotatable bonds is 3. The van der Waals surface area contributed by atoms with Gasteiger partial charge in [0.25, 0.3) is 5.91 Å². The molecule has 5 rings (SSSR count). The van der Waals surface area contributed by atoms with Crippen molar-refractivity contribution in [1.82, 2.24) is 9.80 Å². The van der Waals surface area contributed by atoms with Crippen LogP contribution in [0.25, 0.3) is 0 Å². The minimum Gasteiger partial charge on any atom is -0.338 e. The fourth-order valence-electron chi connectivity index (χ4n) is 5.09. The molecule has 0 radical (unpaired) electrons. The predicted molar refractivity (Wildman–Crippen MR) is 130 cm³/mol. The molecule has 3 aromatic carbocycles. The van der Waals surface area contributed by atoms with E-state index in [9.17, 15) is 9.59 Å². The Labute approximate surface area is 199 Å². The van der Waals surface area contributed by atoms with Gasteiger partial charge in [0, 0.05) is 42.7 Å². The summed E-state index contributed by atoms with van der Waals surface area (Å²) in [6.45, 7) is 4.35. The topological polar surface area (TPSA) is 40.6 Å². The second-order valence-corrected chi connectivity index (χ2v) is 9.56. The highest BCUT2D eigenvalue weighted by molar-refractivity contribution is 6.30. The summed E-state index contributed by atoms with van der Waals surface area (Å²) in [7, 11) is 0. The molecule has 2 heterocycles. The normalized spacial score (nSPS) is 19.9. The van der Waals surface area contributed by atoms with Crippen LogP contribution in [0.3, 0.4) is 0 Å². The van der Waals surface area contributed by atoms with Crippen molar-refractivity contribution in [3.05, 3.63) is 106 Å². The average molecular weight is 459 g/mol. The molecule has 2 aliphatic rings. The van der Waals surface area contributed by atoms with Crippen molar-refractivity contribution in [2.24, 2.45) is 5.92 Å². The van der Waals surface area contributed by atoms with Gasteiger partial charge in [0.1, 0.15) is 0 Å². The first-order valence-corrected chi connectivity index (χ1v) is 11.8. The van der Waals surface area contributed by atoms with Crippen molar-refractivity contribution in [3.63, 3.8) is 0 Å². The number of likely N-dealkylation sites (tertiary alicyclic amines) is 1. The molecule has 168 valence electrons. The van der Waals surface area contributed by atoms with Gasteiger partial charge in [0.15, 0.2) is 0 Å². The van der Waals surface area contributed by atoms with E-state index >= 15 is 0 Å². The maximum absolute atomic E-state index is 13.8. The monoisotopic (exact) mass is 458 g/mol. The van der Waals surface area contributed by atoms with E-state index in [0.717, 1.165) is 18.5 Å². The lowest BCUT2D eigenvalue weighted by Crippen LogP contribution is -2.42. The third kappa shape index (κ3) is 4.40. The molecule has 2 unspecified atom stereocenters. The molecule has 0 spiro atoms. The van der Waals surface area contributed by atoms with E-state index in [1.165, 1.54) is 16.7 Å². The molecule has 1 fully saturated rings. The molecule has 33 heavy (non-hydrogen) atoms. The van der Waals surface area contributed by atoms with Crippen molar-refractivity contribution in [3.8, 4) is 0 Å². The second-order valence-electron chi connectivity index (χ2n) is 9.12. The Balaban J connectivity index is 1.42. The van der Waals surface area contributed by atoms with Crippen LogP contribution in [0.15, 0.2) is 72.8 Å². The van der Waals surface area contributed by atoms with E-state index in [2.05, 4.69) is 49.4 Å². The van der Waals surface area contributed by atoms with Gasteiger partial charge >= 0.3 is 0 Å². The third-order valence-electron chi connectivity index (χ3n) is 6.94. The van der Waals surface area contributed by atoms with Gasteiger partial charge in [-0.1, -0.05) is 71.8 Å². The second kappa shape index (κ2) is 9.03. The number of nitrogens with zero attached hydrogens (tertiary/aromatic N) is 2. The number of fused-ring (bicyclic) bond motifs is 1. The Morgan fingerprint density at radius 2 is 1.64 bits per heavy atom. The van der Waals surface area contributed by atoms with Gasteiger partial charge < -0.3 is 9.80 Å². The molecule has 5 heteroatoms. The van der Waals surface area contributed by atoms with Crippen LogP contribution in [0, 0.1) is 12.8 Å². The minimum atomic E-state index is -0.263. The first-order chi connectivity index (χ1) is 16.0. The first-order valence-electron chi connectivity index (χ1n) is 11.5. The van der Waals surface area contributed by atoms with Crippen LogP contribution in [0.1, 0.15) is 38.5 Å². The molecule has 2 atom stereocenters.